The van der Waals surface area contributed by atoms with Crippen LogP contribution in [0.1, 0.15) is 0 Å². The summed E-state index contributed by atoms with van der Waals surface area (Å²) in [5.74, 6) is 0. The topological polar surface area (TPSA) is 0 Å². The zero-order valence-electron chi connectivity index (χ0n) is 9.92. The van der Waals surface area contributed by atoms with Gasteiger partial charge in [-0.2, -0.15) is 54.6 Å². The molecule has 0 aliphatic heterocycles. The quantitative estimate of drug-likeness (QED) is 0.375. The van der Waals surface area contributed by atoms with E-state index in [1.54, 1.807) is 0 Å². The molecule has 0 saturated carbocycles. The minimum Gasteiger partial charge on any atom is -0.214 e. The van der Waals surface area contributed by atoms with E-state index in [1.807, 2.05) is 91.0 Å². The Balaban J connectivity index is 0.000000219. The van der Waals surface area contributed by atoms with Crippen molar-refractivity contribution in [3.05, 3.63) is 91.0 Å². The van der Waals surface area contributed by atoms with E-state index in [4.69, 9.17) is 18.6 Å². The summed E-state index contributed by atoms with van der Waals surface area (Å²) in [5.41, 5.74) is 0. The van der Waals surface area contributed by atoms with E-state index in [-0.39, 0.29) is 0 Å². The summed E-state index contributed by atoms with van der Waals surface area (Å²) in [7, 11) is 9.78. The zero-order chi connectivity index (χ0) is 13.3. The molecule has 3 aromatic rings. The van der Waals surface area contributed by atoms with Gasteiger partial charge in [0.2, 0.25) is 0 Å². The normalized spacial score (nSPS) is 7.44. The molecule has 0 heterocycles. The minimum atomic E-state index is -0.556. The van der Waals surface area contributed by atoms with E-state index in [0.29, 0.717) is 0 Å². The number of rotatable bonds is 0. The fraction of sp³-hybridized carbons (Fsp3) is 0. The molecule has 0 amide bonds. The van der Waals surface area contributed by atoms with Gasteiger partial charge in [-0.15, -0.1) is 0 Å². The molecule has 0 aliphatic carbocycles. The predicted molar refractivity (Wildman–Crippen MR) is 77.8 cm³/mol. The maximum Gasteiger partial charge on any atom is -0.172 e. The van der Waals surface area contributed by atoms with Crippen LogP contribution in [0.25, 0.3) is 0 Å². The van der Waals surface area contributed by atoms with Gasteiger partial charge in [0.1, 0.15) is 0 Å². The largest absolute Gasteiger partial charge is 0.214 e. The van der Waals surface area contributed by atoms with Crippen LogP contribution in [0.5, 0.6) is 0 Å². The molecule has 0 atom stereocenters. The van der Waals surface area contributed by atoms with Crippen molar-refractivity contribution in [3.8, 4) is 0 Å². The van der Waals surface area contributed by atoms with E-state index in [9.17, 15) is 0 Å². The fourth-order valence-corrected chi connectivity index (χ4v) is 0.962. The molecule has 0 unspecified atom stereocenters. The molecule has 0 bridgehead atoms. The van der Waals surface area contributed by atoms with Crippen molar-refractivity contribution < 1.29 is 17.0 Å². The standard InChI is InChI=1S/3C5H5.2ClH.Ti/c3*1-2-4-5-3-1;;;/h3*1-5H;2*1H;/q3*-1;;;+2/p-2. The van der Waals surface area contributed by atoms with Gasteiger partial charge in [0.25, 0.3) is 0 Å². The van der Waals surface area contributed by atoms with Gasteiger partial charge < -0.3 is 0 Å². The Kier molecular flexibility index (Phi) is 15.7. The Morgan fingerprint density at radius 3 is 0.722 bits per heavy atom. The predicted octanol–water partition coefficient (Wildman–Crippen LogP) is 5.59. The first-order valence-corrected chi connectivity index (χ1v) is 9.68. The van der Waals surface area contributed by atoms with Gasteiger partial charge in [-0.1, -0.05) is 0 Å². The molecule has 0 N–H and O–H groups in total. The smallest absolute Gasteiger partial charge is 0.172 e. The van der Waals surface area contributed by atoms with Crippen molar-refractivity contribution in [2.24, 2.45) is 0 Å². The zero-order valence-corrected chi connectivity index (χ0v) is 13.0. The minimum absolute atomic E-state index is 0.556. The number of halogens is 2. The molecule has 3 rings (SSSR count). The summed E-state index contributed by atoms with van der Waals surface area (Å²) in [6, 6.07) is 30.0. The summed E-state index contributed by atoms with van der Waals surface area (Å²) < 4.78 is 0. The molecule has 3 aromatic carbocycles. The Morgan fingerprint density at radius 2 is 0.667 bits per heavy atom. The Morgan fingerprint density at radius 1 is 0.500 bits per heavy atom. The van der Waals surface area contributed by atoms with Crippen LogP contribution in [0, 0.1) is 0 Å². The van der Waals surface area contributed by atoms with E-state index in [1.165, 1.54) is 0 Å². The van der Waals surface area contributed by atoms with Crippen LogP contribution in [0.3, 0.4) is 0 Å². The summed E-state index contributed by atoms with van der Waals surface area (Å²) in [6.45, 7) is 0. The first kappa shape index (κ1) is 17.3. The van der Waals surface area contributed by atoms with Gasteiger partial charge in [0, 0.05) is 0 Å². The Labute approximate surface area is 126 Å². The summed E-state index contributed by atoms with van der Waals surface area (Å²) in [6.07, 6.45) is 0. The third-order valence-corrected chi connectivity index (χ3v) is 1.67. The van der Waals surface area contributed by atoms with Gasteiger partial charge >= 0.3 is 35.6 Å². The molecule has 0 aromatic heterocycles. The summed E-state index contributed by atoms with van der Waals surface area (Å²) in [4.78, 5) is 0. The molecular weight excluding hydrogens is 299 g/mol. The third-order valence-electron chi connectivity index (χ3n) is 1.67. The molecule has 18 heavy (non-hydrogen) atoms. The van der Waals surface area contributed by atoms with Crippen LogP contribution in [0.2, 0.25) is 0 Å². The van der Waals surface area contributed by atoms with E-state index >= 15 is 0 Å². The van der Waals surface area contributed by atoms with Gasteiger partial charge in [-0.05, 0) is 0 Å². The van der Waals surface area contributed by atoms with Crippen LogP contribution in [-0.2, 0) is 17.0 Å². The maximum absolute atomic E-state index is 4.89. The van der Waals surface area contributed by atoms with Crippen LogP contribution in [0.4, 0.5) is 0 Å². The van der Waals surface area contributed by atoms with Crippen molar-refractivity contribution in [3.63, 3.8) is 0 Å². The first-order chi connectivity index (χ1) is 8.91. The molecule has 0 saturated heterocycles. The van der Waals surface area contributed by atoms with Gasteiger partial charge in [-0.25, -0.2) is 36.4 Å². The second kappa shape index (κ2) is 16.3. The molecule has 0 spiro atoms. The van der Waals surface area contributed by atoms with Crippen LogP contribution < -0.4 is 0 Å². The molecule has 0 nitrogen and oxygen atoms in total. The number of hydrogen-bond donors (Lipinski definition) is 0. The van der Waals surface area contributed by atoms with E-state index in [2.05, 4.69) is 0 Å². The molecule has 0 radical (unpaired) electrons. The SMILES string of the molecule is [Cl][Ti][Cl].c1cc[cH-]c1.c1cc[cH-]c1.c1cc[cH-]c1. The molecule has 0 aliphatic rings. The average molecular weight is 314 g/mol. The van der Waals surface area contributed by atoms with Crippen molar-refractivity contribution in [2.75, 3.05) is 0 Å². The van der Waals surface area contributed by atoms with Crippen molar-refractivity contribution in [1.29, 1.82) is 0 Å². The first-order valence-electron chi connectivity index (χ1n) is 5.38. The molecule has 0 fully saturated rings. The maximum atomic E-state index is 4.89. The Bertz CT molecular complexity index is 260. The second-order valence-corrected chi connectivity index (χ2v) is 5.54. The summed E-state index contributed by atoms with van der Waals surface area (Å²) >= 11 is -0.556. The van der Waals surface area contributed by atoms with E-state index in [0.717, 1.165) is 0 Å². The number of hydrogen-bond acceptors (Lipinski definition) is 0. The third kappa shape index (κ3) is 15.3. The van der Waals surface area contributed by atoms with Crippen molar-refractivity contribution in [2.45, 2.75) is 0 Å². The molecule has 3 heteroatoms. The van der Waals surface area contributed by atoms with Crippen molar-refractivity contribution in [1.82, 2.24) is 0 Å². The van der Waals surface area contributed by atoms with Gasteiger partial charge in [-0.3, -0.25) is 0 Å². The fourth-order valence-electron chi connectivity index (χ4n) is 0.962. The van der Waals surface area contributed by atoms with Crippen molar-refractivity contribution >= 4 is 18.6 Å². The Hall–Kier alpha value is -0.656. The van der Waals surface area contributed by atoms with Gasteiger partial charge in [0.15, 0.2) is 0 Å². The summed E-state index contributed by atoms with van der Waals surface area (Å²) in [5, 5.41) is 0. The molecule has 96 valence electrons. The van der Waals surface area contributed by atoms with Crippen LogP contribution >= 0.6 is 18.6 Å². The van der Waals surface area contributed by atoms with E-state index < -0.39 is 17.0 Å². The monoisotopic (exact) mass is 313 g/mol. The second-order valence-electron chi connectivity index (χ2n) is 2.96. The van der Waals surface area contributed by atoms with Crippen LogP contribution in [0.15, 0.2) is 91.0 Å². The molecular formula is C15H15Cl2Ti-3. The van der Waals surface area contributed by atoms with Crippen LogP contribution in [-0.4, -0.2) is 0 Å². The average Bonchev–Trinajstić information content (AvgIpc) is 3.19. The van der Waals surface area contributed by atoms with Gasteiger partial charge in [0.05, 0.1) is 0 Å².